The Balaban J connectivity index is 0.000000366. The quantitative estimate of drug-likeness (QED) is 0.739. The van der Waals surface area contributed by atoms with Crippen LogP contribution in [0.25, 0.3) is 0 Å². The van der Waals surface area contributed by atoms with Crippen LogP contribution in [0.1, 0.15) is 13.8 Å². The summed E-state index contributed by atoms with van der Waals surface area (Å²) in [5, 5.41) is 0. The lowest BCUT2D eigenvalue weighted by Gasteiger charge is -2.18. The van der Waals surface area contributed by atoms with Crippen LogP contribution in [0.15, 0.2) is 36.4 Å². The first-order valence-electron chi connectivity index (χ1n) is 7.37. The molecule has 128 valence electrons. The van der Waals surface area contributed by atoms with E-state index in [0.717, 1.165) is 4.90 Å². The number of hydrogen-bond acceptors (Lipinski definition) is 6. The Labute approximate surface area is 136 Å². The zero-order valence-corrected chi connectivity index (χ0v) is 14.2. The maximum absolute atomic E-state index is 12.0. The highest BCUT2D eigenvalue weighted by Crippen LogP contribution is 2.48. The van der Waals surface area contributed by atoms with Crippen LogP contribution in [0.3, 0.4) is 0 Å². The summed E-state index contributed by atoms with van der Waals surface area (Å²) in [6.45, 7) is 4.00. The largest absolute Gasteiger partial charge is 0.447 e. The van der Waals surface area contributed by atoms with Crippen molar-refractivity contribution in [3.8, 4) is 0 Å². The van der Waals surface area contributed by atoms with Crippen molar-refractivity contribution in [3.63, 3.8) is 0 Å². The second-order valence-corrected chi connectivity index (χ2v) is 6.47. The lowest BCUT2D eigenvalue weighted by molar-refractivity contribution is -0.125. The second-order valence-electron chi connectivity index (χ2n) is 4.42. The molecule has 2 rings (SSSR count). The molecule has 0 radical (unpaired) electrons. The van der Waals surface area contributed by atoms with Crippen molar-refractivity contribution >= 4 is 19.6 Å². The lowest BCUT2D eigenvalue weighted by atomic mass is 10.4. The van der Waals surface area contributed by atoms with Crippen molar-refractivity contribution in [2.75, 3.05) is 32.5 Å². The van der Waals surface area contributed by atoms with Gasteiger partial charge in [-0.1, -0.05) is 36.4 Å². The molecule has 8 heteroatoms. The molecule has 2 amide bonds. The molecule has 1 fully saturated rings. The van der Waals surface area contributed by atoms with Gasteiger partial charge in [-0.2, -0.15) is 0 Å². The highest BCUT2D eigenvalue weighted by Gasteiger charge is 2.35. The van der Waals surface area contributed by atoms with Crippen LogP contribution in [-0.4, -0.2) is 49.4 Å². The number of imide groups is 1. The van der Waals surface area contributed by atoms with Gasteiger partial charge in [-0.3, -0.25) is 9.36 Å². The topological polar surface area (TPSA) is 82.1 Å². The molecule has 1 saturated heterocycles. The zero-order valence-electron chi connectivity index (χ0n) is 13.3. The average Bonchev–Trinajstić information content (AvgIpc) is 2.96. The Morgan fingerprint density at radius 3 is 1.96 bits per heavy atom. The molecule has 1 heterocycles. The summed E-state index contributed by atoms with van der Waals surface area (Å²) in [6, 6.07) is 12.0. The first-order valence-corrected chi connectivity index (χ1v) is 9.10. The number of hydrogen-bond donors (Lipinski definition) is 0. The average molecular weight is 343 g/mol. The first kappa shape index (κ1) is 19.4. The van der Waals surface area contributed by atoms with Gasteiger partial charge in [0, 0.05) is 0 Å². The number of rotatable bonds is 6. The van der Waals surface area contributed by atoms with Crippen molar-refractivity contribution in [3.05, 3.63) is 36.4 Å². The Hall–Kier alpha value is -1.69. The molecule has 0 N–H and O–H groups in total. The highest BCUT2D eigenvalue weighted by molar-refractivity contribution is 7.54. The van der Waals surface area contributed by atoms with E-state index in [1.807, 2.05) is 36.4 Å². The molecule has 0 aliphatic carbocycles. The van der Waals surface area contributed by atoms with Gasteiger partial charge in [0.25, 0.3) is 0 Å². The van der Waals surface area contributed by atoms with Crippen molar-refractivity contribution in [1.82, 2.24) is 4.90 Å². The summed E-state index contributed by atoms with van der Waals surface area (Å²) >= 11 is 0. The van der Waals surface area contributed by atoms with Crippen LogP contribution in [0.5, 0.6) is 0 Å². The number of benzene rings is 1. The Morgan fingerprint density at radius 1 is 1.13 bits per heavy atom. The van der Waals surface area contributed by atoms with Gasteiger partial charge in [0.05, 0.1) is 19.8 Å². The van der Waals surface area contributed by atoms with E-state index in [1.165, 1.54) is 0 Å². The molecule has 1 aliphatic rings. The molecule has 1 aromatic rings. The van der Waals surface area contributed by atoms with E-state index in [1.54, 1.807) is 13.8 Å². The summed E-state index contributed by atoms with van der Waals surface area (Å²) in [5.74, 6) is -0.599. The van der Waals surface area contributed by atoms with Gasteiger partial charge in [0.2, 0.25) is 5.91 Å². The highest BCUT2D eigenvalue weighted by atomic mass is 31.2. The van der Waals surface area contributed by atoms with Crippen molar-refractivity contribution in [2.24, 2.45) is 0 Å². The molecule has 0 saturated carbocycles. The summed E-state index contributed by atoms with van der Waals surface area (Å²) in [7, 11) is -3.45. The maximum atomic E-state index is 12.0. The predicted octanol–water partition coefficient (Wildman–Crippen LogP) is 2.92. The molecule has 1 aliphatic heterocycles. The predicted molar refractivity (Wildman–Crippen MR) is 85.2 cm³/mol. The van der Waals surface area contributed by atoms with Crippen LogP contribution >= 0.6 is 7.60 Å². The van der Waals surface area contributed by atoms with Crippen LogP contribution in [0.2, 0.25) is 0 Å². The van der Waals surface area contributed by atoms with Gasteiger partial charge in [-0.05, 0) is 13.8 Å². The molecule has 1 aromatic carbocycles. The fourth-order valence-corrected chi connectivity index (χ4v) is 3.32. The van der Waals surface area contributed by atoms with Crippen LogP contribution in [0, 0.1) is 0 Å². The van der Waals surface area contributed by atoms with Crippen molar-refractivity contribution < 1.29 is 27.9 Å². The maximum Gasteiger partial charge on any atom is 0.416 e. The number of carbonyl (C=O) groups excluding carboxylic acids is 2. The Kier molecular flexibility index (Phi) is 8.55. The minimum absolute atomic E-state index is 0.165. The smallest absolute Gasteiger partial charge is 0.416 e. The molecule has 0 aromatic heterocycles. The van der Waals surface area contributed by atoms with Crippen LogP contribution < -0.4 is 0 Å². The Bertz CT molecular complexity index is 499. The lowest BCUT2D eigenvalue weighted by Crippen LogP contribution is -2.34. The fraction of sp³-hybridized carbons (Fsp3) is 0.467. The van der Waals surface area contributed by atoms with Crippen molar-refractivity contribution in [1.29, 1.82) is 0 Å². The zero-order chi connectivity index (χ0) is 17.1. The van der Waals surface area contributed by atoms with Crippen LogP contribution in [-0.2, 0) is 23.1 Å². The summed E-state index contributed by atoms with van der Waals surface area (Å²) in [5.41, 5.74) is 0. The molecular weight excluding hydrogens is 321 g/mol. The number of ether oxygens (including phenoxy) is 1. The van der Waals surface area contributed by atoms with Gasteiger partial charge in [-0.15, -0.1) is 0 Å². The standard InChI is InChI=1S/C9H16NO6P.C6H6/c1-3-15-17(13,16-4-2)7-8(11)10-5-6-14-9(10)12;1-2-4-6-5-3-1/h3-7H2,1-2H3;1-6H. The van der Waals surface area contributed by atoms with E-state index in [9.17, 15) is 14.2 Å². The summed E-state index contributed by atoms with van der Waals surface area (Å²) in [4.78, 5) is 23.8. The van der Waals surface area contributed by atoms with Gasteiger partial charge < -0.3 is 13.8 Å². The first-order chi connectivity index (χ1) is 11.0. The molecule has 0 unspecified atom stereocenters. The number of carbonyl (C=O) groups is 2. The van der Waals surface area contributed by atoms with E-state index in [0.29, 0.717) is 0 Å². The third kappa shape index (κ3) is 6.95. The Morgan fingerprint density at radius 2 is 1.61 bits per heavy atom. The summed E-state index contributed by atoms with van der Waals surface area (Å²) < 4.78 is 26.6. The minimum atomic E-state index is -3.45. The van der Waals surface area contributed by atoms with Gasteiger partial charge >= 0.3 is 13.7 Å². The van der Waals surface area contributed by atoms with Gasteiger partial charge in [0.15, 0.2) is 0 Å². The monoisotopic (exact) mass is 343 g/mol. The van der Waals surface area contributed by atoms with E-state index in [2.05, 4.69) is 4.74 Å². The van der Waals surface area contributed by atoms with E-state index >= 15 is 0 Å². The number of amides is 2. The molecule has 0 bridgehead atoms. The molecule has 23 heavy (non-hydrogen) atoms. The normalized spacial score (nSPS) is 14.0. The third-order valence-corrected chi connectivity index (χ3v) is 4.67. The summed E-state index contributed by atoms with van der Waals surface area (Å²) in [6.07, 6.45) is -1.15. The van der Waals surface area contributed by atoms with Gasteiger partial charge in [0.1, 0.15) is 12.8 Å². The van der Waals surface area contributed by atoms with E-state index in [-0.39, 0.29) is 26.4 Å². The van der Waals surface area contributed by atoms with E-state index in [4.69, 9.17) is 9.05 Å². The van der Waals surface area contributed by atoms with E-state index < -0.39 is 25.8 Å². The van der Waals surface area contributed by atoms with Gasteiger partial charge in [-0.25, -0.2) is 9.69 Å². The minimum Gasteiger partial charge on any atom is -0.447 e. The number of cyclic esters (lactones) is 1. The molecule has 0 atom stereocenters. The third-order valence-electron chi connectivity index (χ3n) is 2.71. The fourth-order valence-electron chi connectivity index (χ4n) is 1.78. The number of nitrogens with zero attached hydrogens (tertiary/aromatic N) is 1. The molecule has 7 nitrogen and oxygen atoms in total. The molecule has 0 spiro atoms. The SMILES string of the molecule is CCOP(=O)(CC(=O)N1CCOC1=O)OCC.c1ccccc1. The second kappa shape index (κ2) is 10.2. The van der Waals surface area contributed by atoms with Crippen LogP contribution in [0.4, 0.5) is 4.79 Å². The molecular formula is C15H22NO6P. The van der Waals surface area contributed by atoms with Crippen molar-refractivity contribution in [2.45, 2.75) is 13.8 Å².